The van der Waals surface area contributed by atoms with E-state index in [1.807, 2.05) is 0 Å². The third kappa shape index (κ3) is 44.2. The molecule has 0 spiro atoms. The molecule has 0 aliphatic rings. The molecule has 6 heteroatoms. The SMILES string of the molecule is CC/C=C\C/C=C\C/C=C\CCCCCCC(=O)OC(COC(=O)CCC/C=C\CCCCCC)COC(=O)CCCCCCCCC/C=C\CCCCCCCC. The maximum absolute atomic E-state index is 12.7. The summed E-state index contributed by atoms with van der Waals surface area (Å²) in [5.41, 5.74) is 0. The van der Waals surface area contributed by atoms with Crippen molar-refractivity contribution in [2.45, 2.75) is 239 Å². The smallest absolute Gasteiger partial charge is 0.306 e. The Morgan fingerprint density at radius 1 is 0.362 bits per heavy atom. The van der Waals surface area contributed by atoms with Crippen LogP contribution in [0.3, 0.4) is 0 Å². The van der Waals surface area contributed by atoms with Gasteiger partial charge in [0.2, 0.25) is 0 Å². The second-order valence-corrected chi connectivity index (χ2v) is 16.0. The zero-order chi connectivity index (χ0) is 42.3. The van der Waals surface area contributed by atoms with Gasteiger partial charge in [-0.3, -0.25) is 14.4 Å². The van der Waals surface area contributed by atoms with Crippen LogP contribution in [0.4, 0.5) is 0 Å². The standard InChI is InChI=1S/C52H90O6/c1-4-7-10-13-16-19-21-23-25-26-27-29-30-33-36-39-42-45-51(54)57-48-49(47-56-50(53)44-41-38-35-32-18-15-12-9-6-3)58-52(55)46-43-40-37-34-31-28-24-22-20-17-14-11-8-5-2/h8,11,17,20,23-25,28,32,35,49H,4-7,9-10,12-16,18-19,21-22,26-27,29-31,33-34,36-48H2,1-3H3/b11-8-,20-17-,25-23-,28-24-,35-32-. The van der Waals surface area contributed by atoms with Crippen molar-refractivity contribution in [2.24, 2.45) is 0 Å². The van der Waals surface area contributed by atoms with E-state index in [4.69, 9.17) is 14.2 Å². The molecule has 0 bridgehead atoms. The minimum atomic E-state index is -0.796. The lowest BCUT2D eigenvalue weighted by Gasteiger charge is -2.18. The van der Waals surface area contributed by atoms with Gasteiger partial charge in [0.05, 0.1) is 0 Å². The minimum absolute atomic E-state index is 0.0943. The molecule has 58 heavy (non-hydrogen) atoms. The molecule has 0 saturated heterocycles. The van der Waals surface area contributed by atoms with Crippen LogP contribution in [-0.4, -0.2) is 37.2 Å². The monoisotopic (exact) mass is 811 g/mol. The van der Waals surface area contributed by atoms with Gasteiger partial charge >= 0.3 is 17.9 Å². The molecule has 0 aliphatic carbocycles. The summed E-state index contributed by atoms with van der Waals surface area (Å²) in [5, 5.41) is 0. The molecule has 0 amide bonds. The van der Waals surface area contributed by atoms with Gasteiger partial charge in [-0.05, 0) is 96.3 Å². The predicted octanol–water partition coefficient (Wildman–Crippen LogP) is 15.7. The summed E-state index contributed by atoms with van der Waals surface area (Å²) in [6, 6.07) is 0. The average molecular weight is 811 g/mol. The Hall–Kier alpha value is -2.89. The Bertz CT molecular complexity index is 1070. The first-order chi connectivity index (χ1) is 28.5. The molecule has 0 aromatic heterocycles. The van der Waals surface area contributed by atoms with Crippen LogP contribution in [0.25, 0.3) is 0 Å². The fourth-order valence-electron chi connectivity index (χ4n) is 6.57. The highest BCUT2D eigenvalue weighted by molar-refractivity contribution is 5.71. The first kappa shape index (κ1) is 55.1. The normalized spacial score (nSPS) is 12.5. The lowest BCUT2D eigenvalue weighted by molar-refractivity contribution is -0.167. The molecular weight excluding hydrogens is 721 g/mol. The number of carbonyl (C=O) groups excluding carboxylic acids is 3. The molecule has 0 rings (SSSR count). The van der Waals surface area contributed by atoms with Crippen LogP contribution < -0.4 is 0 Å². The highest BCUT2D eigenvalue weighted by atomic mass is 16.6. The Balaban J connectivity index is 4.38. The third-order valence-electron chi connectivity index (χ3n) is 10.2. The van der Waals surface area contributed by atoms with Crippen molar-refractivity contribution in [1.29, 1.82) is 0 Å². The lowest BCUT2D eigenvalue weighted by atomic mass is 10.1. The molecule has 0 N–H and O–H groups in total. The third-order valence-corrected chi connectivity index (χ3v) is 10.2. The average Bonchev–Trinajstić information content (AvgIpc) is 3.22. The van der Waals surface area contributed by atoms with Gasteiger partial charge in [-0.25, -0.2) is 0 Å². The van der Waals surface area contributed by atoms with E-state index in [-0.39, 0.29) is 31.1 Å². The minimum Gasteiger partial charge on any atom is -0.462 e. The van der Waals surface area contributed by atoms with E-state index in [1.165, 1.54) is 103 Å². The van der Waals surface area contributed by atoms with Crippen molar-refractivity contribution in [3.8, 4) is 0 Å². The summed E-state index contributed by atoms with van der Waals surface area (Å²) in [6.07, 6.45) is 56.4. The molecule has 0 aromatic rings. The Morgan fingerprint density at radius 3 is 1.16 bits per heavy atom. The van der Waals surface area contributed by atoms with Crippen molar-refractivity contribution >= 4 is 17.9 Å². The van der Waals surface area contributed by atoms with Crippen LogP contribution in [-0.2, 0) is 28.6 Å². The van der Waals surface area contributed by atoms with E-state index < -0.39 is 6.10 Å². The number of hydrogen-bond acceptors (Lipinski definition) is 6. The second-order valence-electron chi connectivity index (χ2n) is 16.0. The summed E-state index contributed by atoms with van der Waals surface area (Å²) >= 11 is 0. The summed E-state index contributed by atoms with van der Waals surface area (Å²) in [6.45, 7) is 6.43. The highest BCUT2D eigenvalue weighted by Gasteiger charge is 2.19. The quantitative estimate of drug-likeness (QED) is 0.0264. The summed E-state index contributed by atoms with van der Waals surface area (Å²) < 4.78 is 16.7. The molecule has 6 nitrogen and oxygen atoms in total. The summed E-state index contributed by atoms with van der Waals surface area (Å²) in [5.74, 6) is -0.959. The number of allylic oxidation sites excluding steroid dienone is 10. The lowest BCUT2D eigenvalue weighted by Crippen LogP contribution is -2.30. The molecule has 0 radical (unpaired) electrons. The molecule has 0 fully saturated rings. The van der Waals surface area contributed by atoms with Gasteiger partial charge in [0, 0.05) is 19.3 Å². The fraction of sp³-hybridized carbons (Fsp3) is 0.750. The number of ether oxygens (including phenoxy) is 3. The predicted molar refractivity (Wildman–Crippen MR) is 247 cm³/mol. The fourth-order valence-corrected chi connectivity index (χ4v) is 6.57. The summed E-state index contributed by atoms with van der Waals surface area (Å²) in [7, 11) is 0. The van der Waals surface area contributed by atoms with Crippen molar-refractivity contribution in [3.63, 3.8) is 0 Å². The largest absolute Gasteiger partial charge is 0.462 e. The molecule has 334 valence electrons. The van der Waals surface area contributed by atoms with E-state index in [0.29, 0.717) is 25.7 Å². The van der Waals surface area contributed by atoms with E-state index in [9.17, 15) is 14.4 Å². The molecule has 1 atom stereocenters. The van der Waals surface area contributed by atoms with Crippen LogP contribution >= 0.6 is 0 Å². The van der Waals surface area contributed by atoms with Crippen molar-refractivity contribution < 1.29 is 28.6 Å². The molecule has 0 heterocycles. The second kappa shape index (κ2) is 46.8. The van der Waals surface area contributed by atoms with Crippen LogP contribution in [0.2, 0.25) is 0 Å². The van der Waals surface area contributed by atoms with E-state index in [2.05, 4.69) is 81.5 Å². The maximum Gasteiger partial charge on any atom is 0.306 e. The number of hydrogen-bond donors (Lipinski definition) is 0. The van der Waals surface area contributed by atoms with Gasteiger partial charge in [-0.2, -0.15) is 0 Å². The van der Waals surface area contributed by atoms with E-state index >= 15 is 0 Å². The topological polar surface area (TPSA) is 78.9 Å². The van der Waals surface area contributed by atoms with Gasteiger partial charge < -0.3 is 14.2 Å². The van der Waals surface area contributed by atoms with Crippen LogP contribution in [0.1, 0.15) is 233 Å². The molecule has 0 aromatic carbocycles. The molecule has 1 unspecified atom stereocenters. The zero-order valence-electron chi connectivity index (χ0n) is 38.0. The van der Waals surface area contributed by atoms with Gasteiger partial charge in [-0.1, -0.05) is 178 Å². The molecular formula is C52H90O6. The Labute approximate surface area is 358 Å². The van der Waals surface area contributed by atoms with Crippen molar-refractivity contribution in [3.05, 3.63) is 60.8 Å². The Morgan fingerprint density at radius 2 is 0.690 bits per heavy atom. The van der Waals surface area contributed by atoms with Gasteiger partial charge in [0.15, 0.2) is 6.10 Å². The van der Waals surface area contributed by atoms with Gasteiger partial charge in [0.25, 0.3) is 0 Å². The summed E-state index contributed by atoms with van der Waals surface area (Å²) in [4.78, 5) is 37.8. The van der Waals surface area contributed by atoms with Crippen LogP contribution in [0, 0.1) is 0 Å². The number of esters is 3. The van der Waals surface area contributed by atoms with Gasteiger partial charge in [-0.15, -0.1) is 0 Å². The van der Waals surface area contributed by atoms with Crippen LogP contribution in [0.15, 0.2) is 60.8 Å². The van der Waals surface area contributed by atoms with Crippen molar-refractivity contribution in [2.75, 3.05) is 13.2 Å². The molecule has 0 aliphatic heterocycles. The number of carbonyl (C=O) groups is 3. The number of rotatable bonds is 43. The number of unbranched alkanes of at least 4 members (excludes halogenated alkanes) is 22. The van der Waals surface area contributed by atoms with E-state index in [1.54, 1.807) is 0 Å². The Kier molecular flexibility index (Phi) is 44.5. The molecule has 0 saturated carbocycles. The van der Waals surface area contributed by atoms with Crippen LogP contribution in [0.5, 0.6) is 0 Å². The van der Waals surface area contributed by atoms with E-state index in [0.717, 1.165) is 83.5 Å². The highest BCUT2D eigenvalue weighted by Crippen LogP contribution is 2.13. The first-order valence-electron chi connectivity index (χ1n) is 24.3. The first-order valence-corrected chi connectivity index (χ1v) is 24.3. The van der Waals surface area contributed by atoms with Crippen molar-refractivity contribution in [1.82, 2.24) is 0 Å². The van der Waals surface area contributed by atoms with Gasteiger partial charge in [0.1, 0.15) is 13.2 Å². The zero-order valence-corrected chi connectivity index (χ0v) is 38.0. The maximum atomic E-state index is 12.7.